The molecule has 7 heteroatoms. The third kappa shape index (κ3) is 3.89. The summed E-state index contributed by atoms with van der Waals surface area (Å²) in [4.78, 5) is 15.7. The molecule has 0 bridgehead atoms. The second kappa shape index (κ2) is 6.97. The fraction of sp³-hybridized carbons (Fsp3) is 0.0625. The van der Waals surface area contributed by atoms with Crippen LogP contribution in [0.2, 0.25) is 0 Å². The van der Waals surface area contributed by atoms with E-state index >= 15 is 0 Å². The zero-order chi connectivity index (χ0) is 16.1. The summed E-state index contributed by atoms with van der Waals surface area (Å²) in [6.07, 6.45) is 2.50. The molecular formula is C16H11FN2O3S. The van der Waals surface area contributed by atoms with Crippen LogP contribution in [0, 0.1) is 5.82 Å². The molecule has 3 rings (SSSR count). The normalized spacial score (nSPS) is 11.0. The molecule has 0 aliphatic rings. The Hall–Kier alpha value is -2.80. The number of aromatic nitrogens is 2. The number of nitrogens with zero attached hydrogens (tertiary/aromatic N) is 2. The van der Waals surface area contributed by atoms with Gasteiger partial charge in [-0.25, -0.2) is 9.18 Å². The highest BCUT2D eigenvalue weighted by Gasteiger charge is 2.10. The predicted octanol–water partition coefficient (Wildman–Crippen LogP) is 3.69. The molecule has 2 heterocycles. The van der Waals surface area contributed by atoms with Crippen molar-refractivity contribution in [3.05, 3.63) is 64.4 Å². The minimum Gasteiger partial charge on any atom is -0.452 e. The monoisotopic (exact) mass is 330 g/mol. The minimum absolute atomic E-state index is 0.141. The summed E-state index contributed by atoms with van der Waals surface area (Å²) in [6.45, 7) is -0.141. The summed E-state index contributed by atoms with van der Waals surface area (Å²) in [5.74, 6) is -0.393. The van der Waals surface area contributed by atoms with E-state index in [0.29, 0.717) is 11.4 Å². The number of halogens is 1. The van der Waals surface area contributed by atoms with Crippen molar-refractivity contribution >= 4 is 23.4 Å². The van der Waals surface area contributed by atoms with E-state index in [2.05, 4.69) is 10.1 Å². The molecule has 0 saturated heterocycles. The molecule has 0 radical (unpaired) electrons. The van der Waals surface area contributed by atoms with Crippen molar-refractivity contribution in [2.75, 3.05) is 0 Å². The third-order valence-corrected chi connectivity index (χ3v) is 3.57. The van der Waals surface area contributed by atoms with Gasteiger partial charge in [0.1, 0.15) is 5.82 Å². The van der Waals surface area contributed by atoms with Crippen LogP contribution < -0.4 is 0 Å². The van der Waals surface area contributed by atoms with Gasteiger partial charge in [0.05, 0.1) is 0 Å². The van der Waals surface area contributed by atoms with Crippen LogP contribution in [-0.4, -0.2) is 16.1 Å². The Morgan fingerprint density at radius 2 is 2.22 bits per heavy atom. The van der Waals surface area contributed by atoms with Crippen LogP contribution in [0.4, 0.5) is 4.39 Å². The van der Waals surface area contributed by atoms with Crippen LogP contribution in [0.15, 0.2) is 51.7 Å². The number of rotatable bonds is 5. The maximum absolute atomic E-state index is 13.4. The lowest BCUT2D eigenvalue weighted by Crippen LogP contribution is -2.01. The molecule has 0 aliphatic heterocycles. The van der Waals surface area contributed by atoms with E-state index in [0.717, 1.165) is 11.6 Å². The van der Waals surface area contributed by atoms with E-state index in [-0.39, 0.29) is 12.5 Å². The summed E-state index contributed by atoms with van der Waals surface area (Å²) in [5, 5.41) is 7.59. The lowest BCUT2D eigenvalue weighted by molar-refractivity contribution is -0.139. The van der Waals surface area contributed by atoms with Crippen molar-refractivity contribution in [3.63, 3.8) is 0 Å². The molecule has 3 aromatic rings. The van der Waals surface area contributed by atoms with Crippen molar-refractivity contribution < 1.29 is 18.4 Å². The van der Waals surface area contributed by atoms with Crippen LogP contribution in [-0.2, 0) is 16.1 Å². The fourth-order valence-corrected chi connectivity index (χ4v) is 2.41. The molecule has 116 valence electrons. The second-order valence-electron chi connectivity index (χ2n) is 4.49. The Morgan fingerprint density at radius 1 is 1.35 bits per heavy atom. The zero-order valence-corrected chi connectivity index (χ0v) is 12.6. The summed E-state index contributed by atoms with van der Waals surface area (Å²) in [5.41, 5.74) is 1.15. The van der Waals surface area contributed by atoms with Gasteiger partial charge in [-0.2, -0.15) is 16.3 Å². The first-order chi connectivity index (χ1) is 11.2. The quantitative estimate of drug-likeness (QED) is 0.527. The number of esters is 1. The van der Waals surface area contributed by atoms with Crippen LogP contribution in [0.3, 0.4) is 0 Å². The van der Waals surface area contributed by atoms with Crippen molar-refractivity contribution in [2.45, 2.75) is 6.61 Å². The van der Waals surface area contributed by atoms with Gasteiger partial charge >= 0.3 is 5.97 Å². The zero-order valence-electron chi connectivity index (χ0n) is 11.8. The lowest BCUT2D eigenvalue weighted by atomic mass is 10.2. The Morgan fingerprint density at radius 3 is 3.00 bits per heavy atom. The molecule has 0 unspecified atom stereocenters. The van der Waals surface area contributed by atoms with E-state index < -0.39 is 11.8 Å². The predicted molar refractivity (Wildman–Crippen MR) is 82.8 cm³/mol. The standard InChI is InChI=1S/C16H11FN2O3S/c17-13-4-2-1-3-11(13)5-6-15(20)21-9-14-18-16(19-22-14)12-7-8-23-10-12/h1-8,10H,9H2/b6-5+. The summed E-state index contributed by atoms with van der Waals surface area (Å²) < 4.78 is 23.4. The number of benzene rings is 1. The maximum atomic E-state index is 13.4. The molecule has 0 N–H and O–H groups in total. The Labute approximate surface area is 135 Å². The average Bonchev–Trinajstić information content (AvgIpc) is 3.23. The van der Waals surface area contributed by atoms with Crippen molar-refractivity contribution in [3.8, 4) is 11.4 Å². The van der Waals surface area contributed by atoms with Gasteiger partial charge < -0.3 is 9.26 Å². The topological polar surface area (TPSA) is 65.2 Å². The highest BCUT2D eigenvalue weighted by molar-refractivity contribution is 7.08. The van der Waals surface area contributed by atoms with Gasteiger partial charge in [-0.1, -0.05) is 23.4 Å². The summed E-state index contributed by atoms with van der Waals surface area (Å²) in [7, 11) is 0. The van der Waals surface area contributed by atoms with E-state index in [9.17, 15) is 9.18 Å². The SMILES string of the molecule is O=C(/C=C/c1ccccc1F)OCc1nc(-c2ccsc2)no1. The molecule has 0 saturated carbocycles. The molecule has 0 aliphatic carbocycles. The van der Waals surface area contributed by atoms with E-state index in [1.807, 2.05) is 16.8 Å². The van der Waals surface area contributed by atoms with Gasteiger partial charge in [0.25, 0.3) is 5.89 Å². The highest BCUT2D eigenvalue weighted by atomic mass is 32.1. The Bertz CT molecular complexity index is 827. The number of carbonyl (C=O) groups excluding carboxylic acids is 1. The number of hydrogen-bond acceptors (Lipinski definition) is 6. The molecule has 1 aromatic carbocycles. The molecule has 0 amide bonds. The fourth-order valence-electron chi connectivity index (χ4n) is 1.77. The molecule has 0 atom stereocenters. The molecule has 2 aromatic heterocycles. The van der Waals surface area contributed by atoms with Crippen molar-refractivity contribution in [1.82, 2.24) is 10.1 Å². The molecule has 23 heavy (non-hydrogen) atoms. The Kier molecular flexibility index (Phi) is 4.58. The van der Waals surface area contributed by atoms with Crippen LogP contribution >= 0.6 is 11.3 Å². The third-order valence-electron chi connectivity index (χ3n) is 2.89. The van der Waals surface area contributed by atoms with Gasteiger partial charge in [0, 0.05) is 22.6 Å². The largest absolute Gasteiger partial charge is 0.452 e. The number of carbonyl (C=O) groups is 1. The first kappa shape index (κ1) is 15.1. The van der Waals surface area contributed by atoms with Gasteiger partial charge in [-0.05, 0) is 23.6 Å². The summed E-state index contributed by atoms with van der Waals surface area (Å²) in [6, 6.07) is 7.99. The lowest BCUT2D eigenvalue weighted by Gasteiger charge is -1.97. The summed E-state index contributed by atoms with van der Waals surface area (Å²) >= 11 is 1.52. The van der Waals surface area contributed by atoms with Crippen LogP contribution in [0.5, 0.6) is 0 Å². The van der Waals surface area contributed by atoms with Gasteiger partial charge in [0.2, 0.25) is 5.82 Å². The number of hydrogen-bond donors (Lipinski definition) is 0. The van der Waals surface area contributed by atoms with Crippen molar-refractivity contribution in [2.24, 2.45) is 0 Å². The van der Waals surface area contributed by atoms with E-state index in [4.69, 9.17) is 9.26 Å². The van der Waals surface area contributed by atoms with Gasteiger partial charge in [0.15, 0.2) is 6.61 Å². The van der Waals surface area contributed by atoms with E-state index in [1.54, 1.807) is 18.2 Å². The first-order valence-corrected chi connectivity index (χ1v) is 7.61. The molecule has 0 spiro atoms. The highest BCUT2D eigenvalue weighted by Crippen LogP contribution is 2.18. The van der Waals surface area contributed by atoms with Crippen molar-refractivity contribution in [1.29, 1.82) is 0 Å². The van der Waals surface area contributed by atoms with Crippen LogP contribution in [0.25, 0.3) is 17.5 Å². The smallest absolute Gasteiger partial charge is 0.331 e. The second-order valence-corrected chi connectivity index (χ2v) is 5.27. The first-order valence-electron chi connectivity index (χ1n) is 6.67. The number of ether oxygens (including phenoxy) is 1. The number of thiophene rings is 1. The van der Waals surface area contributed by atoms with Gasteiger partial charge in [-0.3, -0.25) is 0 Å². The molecular weight excluding hydrogens is 319 g/mol. The average molecular weight is 330 g/mol. The van der Waals surface area contributed by atoms with E-state index in [1.165, 1.54) is 23.5 Å². The molecule has 0 fully saturated rings. The van der Waals surface area contributed by atoms with Gasteiger partial charge in [-0.15, -0.1) is 0 Å². The maximum Gasteiger partial charge on any atom is 0.331 e. The Balaban J connectivity index is 1.56. The minimum atomic E-state index is -0.622. The van der Waals surface area contributed by atoms with Crippen LogP contribution in [0.1, 0.15) is 11.5 Å². The molecule has 5 nitrogen and oxygen atoms in total.